The average molecular weight is 479 g/mol. The summed E-state index contributed by atoms with van der Waals surface area (Å²) in [4.78, 5) is 0. The molecule has 0 aromatic rings. The minimum absolute atomic E-state index is 1.04. The number of unbranched alkanes of at least 4 members (excludes halogenated alkanes) is 24. The monoisotopic (exact) mass is 479 g/mol. The van der Waals surface area contributed by atoms with E-state index in [9.17, 15) is 0 Å². The first kappa shape index (κ1) is 34.0. The first-order chi connectivity index (χ1) is 16.8. The average Bonchev–Trinajstić information content (AvgIpc) is 2.85. The van der Waals surface area contributed by atoms with Gasteiger partial charge in [-0.25, -0.2) is 0 Å². The molecule has 0 bridgehead atoms. The maximum Gasteiger partial charge on any atom is -0.0414 e. The van der Waals surface area contributed by atoms with Crippen molar-refractivity contribution in [2.75, 3.05) is 0 Å². The summed E-state index contributed by atoms with van der Waals surface area (Å²) in [6, 6.07) is 0. The van der Waals surface area contributed by atoms with E-state index in [-0.39, 0.29) is 0 Å². The fourth-order valence-electron chi connectivity index (χ4n) is 5.66. The Morgan fingerprint density at radius 2 is 0.412 bits per heavy atom. The third-order valence-corrected chi connectivity index (χ3v) is 8.15. The van der Waals surface area contributed by atoms with Crippen molar-refractivity contribution >= 4 is 0 Å². The summed E-state index contributed by atoms with van der Waals surface area (Å²) in [7, 11) is 0. The van der Waals surface area contributed by atoms with Crippen LogP contribution in [0.15, 0.2) is 0 Å². The van der Waals surface area contributed by atoms with Crippen LogP contribution in [0.2, 0.25) is 0 Å². The van der Waals surface area contributed by atoms with E-state index in [0.29, 0.717) is 0 Å². The van der Waals surface area contributed by atoms with Gasteiger partial charge < -0.3 is 0 Å². The molecule has 0 spiro atoms. The maximum absolute atomic E-state index is 2.32. The van der Waals surface area contributed by atoms with Crippen LogP contribution in [0.1, 0.15) is 213 Å². The molecule has 0 heteroatoms. The van der Waals surface area contributed by atoms with Crippen molar-refractivity contribution in [3.05, 3.63) is 0 Å². The van der Waals surface area contributed by atoms with Crippen LogP contribution in [0.4, 0.5) is 0 Å². The van der Waals surface area contributed by atoms with E-state index < -0.39 is 0 Å². The second kappa shape index (κ2) is 31.0. The van der Waals surface area contributed by atoms with Crippen LogP contribution in [-0.4, -0.2) is 0 Å². The number of hydrogen-bond donors (Lipinski definition) is 0. The van der Waals surface area contributed by atoms with Gasteiger partial charge in [-0.05, 0) is 5.92 Å². The molecule has 0 N–H and O–H groups in total. The summed E-state index contributed by atoms with van der Waals surface area (Å²) in [5.41, 5.74) is 0. The molecule has 0 rings (SSSR count). The maximum atomic E-state index is 2.32. The van der Waals surface area contributed by atoms with Gasteiger partial charge >= 0.3 is 0 Å². The van der Waals surface area contributed by atoms with Crippen molar-refractivity contribution in [2.45, 2.75) is 213 Å². The molecule has 0 fully saturated rings. The molecular formula is C34H70. The van der Waals surface area contributed by atoms with Crippen LogP contribution in [0, 0.1) is 5.92 Å². The van der Waals surface area contributed by atoms with Gasteiger partial charge in [-0.15, -0.1) is 0 Å². The first-order valence-electron chi connectivity index (χ1n) is 16.8. The van der Waals surface area contributed by atoms with E-state index in [4.69, 9.17) is 0 Å². The molecule has 0 aliphatic rings. The van der Waals surface area contributed by atoms with Crippen LogP contribution in [-0.2, 0) is 0 Å². The lowest BCUT2D eigenvalue weighted by molar-refractivity contribution is 0.365. The molecule has 0 aliphatic carbocycles. The van der Waals surface area contributed by atoms with Gasteiger partial charge in [-0.3, -0.25) is 0 Å². The Morgan fingerprint density at radius 1 is 0.235 bits per heavy atom. The molecule has 0 saturated heterocycles. The summed E-state index contributed by atoms with van der Waals surface area (Å²) in [6.07, 6.45) is 44.3. The van der Waals surface area contributed by atoms with E-state index in [1.54, 1.807) is 0 Å². The molecule has 0 aromatic carbocycles. The molecule has 0 heterocycles. The van der Waals surface area contributed by atoms with Crippen molar-refractivity contribution in [1.82, 2.24) is 0 Å². The van der Waals surface area contributed by atoms with Gasteiger partial charge in [-0.2, -0.15) is 0 Å². The van der Waals surface area contributed by atoms with E-state index >= 15 is 0 Å². The zero-order valence-corrected chi connectivity index (χ0v) is 24.8. The molecular weight excluding hydrogens is 408 g/mol. The Morgan fingerprint density at radius 3 is 0.618 bits per heavy atom. The quantitative estimate of drug-likeness (QED) is 0.0900. The fraction of sp³-hybridized carbons (Fsp3) is 1.00. The summed E-state index contributed by atoms with van der Waals surface area (Å²) < 4.78 is 0. The van der Waals surface area contributed by atoms with Crippen molar-refractivity contribution in [1.29, 1.82) is 0 Å². The normalized spacial score (nSPS) is 12.4. The Balaban J connectivity index is 3.84. The molecule has 0 saturated carbocycles. The highest BCUT2D eigenvalue weighted by atomic mass is 14.1. The molecule has 34 heavy (non-hydrogen) atoms. The Labute approximate surface area is 219 Å². The lowest BCUT2D eigenvalue weighted by Crippen LogP contribution is -2.01. The van der Waals surface area contributed by atoms with Crippen LogP contribution in [0.5, 0.6) is 0 Å². The third-order valence-electron chi connectivity index (χ3n) is 8.15. The van der Waals surface area contributed by atoms with Gasteiger partial charge in [0.1, 0.15) is 0 Å². The molecule has 1 unspecified atom stereocenters. The third kappa shape index (κ3) is 28.2. The van der Waals surface area contributed by atoms with Gasteiger partial charge in [0.2, 0.25) is 0 Å². The smallest absolute Gasteiger partial charge is 0.0414 e. The summed E-state index contributed by atoms with van der Waals surface area (Å²) in [5, 5.41) is 0. The van der Waals surface area contributed by atoms with Gasteiger partial charge in [0, 0.05) is 0 Å². The van der Waals surface area contributed by atoms with E-state index in [2.05, 4.69) is 20.8 Å². The molecule has 0 aliphatic heterocycles. The minimum Gasteiger partial charge on any atom is -0.0654 e. The lowest BCUT2D eigenvalue weighted by Gasteiger charge is -2.17. The minimum atomic E-state index is 1.04. The molecule has 0 aromatic heterocycles. The summed E-state index contributed by atoms with van der Waals surface area (Å²) >= 11 is 0. The standard InChI is InChI=1S/C34H70/c1-4-7-10-13-16-19-21-24-27-30-33-34(31-28-25-22-18-15-12-9-6-3)32-29-26-23-20-17-14-11-8-5-2/h34H,4-33H2,1-3H3. The topological polar surface area (TPSA) is 0 Å². The Bertz CT molecular complexity index is 333. The SMILES string of the molecule is CCCCCCCCCCCCC(CCCCCCCCCC)CCCCCCCCCCC. The molecule has 0 nitrogen and oxygen atoms in total. The predicted molar refractivity (Wildman–Crippen MR) is 159 cm³/mol. The van der Waals surface area contributed by atoms with Gasteiger partial charge in [0.05, 0.1) is 0 Å². The van der Waals surface area contributed by atoms with Crippen LogP contribution >= 0.6 is 0 Å². The van der Waals surface area contributed by atoms with Crippen molar-refractivity contribution in [3.63, 3.8) is 0 Å². The molecule has 1 atom stereocenters. The fourth-order valence-corrected chi connectivity index (χ4v) is 5.66. The van der Waals surface area contributed by atoms with Gasteiger partial charge in [0.15, 0.2) is 0 Å². The van der Waals surface area contributed by atoms with Crippen molar-refractivity contribution in [3.8, 4) is 0 Å². The van der Waals surface area contributed by atoms with E-state index in [1.165, 1.54) is 193 Å². The van der Waals surface area contributed by atoms with Crippen LogP contribution in [0.3, 0.4) is 0 Å². The van der Waals surface area contributed by atoms with E-state index in [0.717, 1.165) is 5.92 Å². The highest BCUT2D eigenvalue weighted by Gasteiger charge is 2.09. The lowest BCUT2D eigenvalue weighted by atomic mass is 9.89. The largest absolute Gasteiger partial charge is 0.0654 e. The van der Waals surface area contributed by atoms with Crippen LogP contribution in [0.25, 0.3) is 0 Å². The molecule has 0 radical (unpaired) electrons. The van der Waals surface area contributed by atoms with Crippen molar-refractivity contribution in [2.24, 2.45) is 5.92 Å². The van der Waals surface area contributed by atoms with Gasteiger partial charge in [-0.1, -0.05) is 213 Å². The molecule has 206 valence electrons. The summed E-state index contributed by atoms with van der Waals surface area (Å²) in [5.74, 6) is 1.04. The second-order valence-electron chi connectivity index (χ2n) is 11.7. The first-order valence-corrected chi connectivity index (χ1v) is 16.8. The summed E-state index contributed by atoms with van der Waals surface area (Å²) in [6.45, 7) is 6.96. The highest BCUT2D eigenvalue weighted by molar-refractivity contribution is 4.62. The number of hydrogen-bond acceptors (Lipinski definition) is 0. The second-order valence-corrected chi connectivity index (χ2v) is 11.7. The Hall–Kier alpha value is 0. The van der Waals surface area contributed by atoms with Crippen LogP contribution < -0.4 is 0 Å². The number of rotatable bonds is 30. The van der Waals surface area contributed by atoms with E-state index in [1.807, 2.05) is 0 Å². The highest BCUT2D eigenvalue weighted by Crippen LogP contribution is 2.25. The zero-order valence-electron chi connectivity index (χ0n) is 24.8. The predicted octanol–water partition coefficient (Wildman–Crippen LogP) is 13.4. The molecule has 0 amide bonds. The van der Waals surface area contributed by atoms with Crippen molar-refractivity contribution < 1.29 is 0 Å². The zero-order chi connectivity index (χ0) is 24.8. The van der Waals surface area contributed by atoms with Gasteiger partial charge in [0.25, 0.3) is 0 Å². The Kier molecular flexibility index (Phi) is 31.0.